The summed E-state index contributed by atoms with van der Waals surface area (Å²) < 4.78 is 0. The number of likely N-dealkylation sites (tertiary alicyclic amines) is 1. The van der Waals surface area contributed by atoms with E-state index >= 15 is 0 Å². The second-order valence-electron chi connectivity index (χ2n) is 7.31. The van der Waals surface area contributed by atoms with Gasteiger partial charge in [-0.05, 0) is 62.8 Å². The standard InChI is InChI=1S/C19H27N3O2/c1-12-11-16(12)18(23)21-15-8-6-14(7-9-15)19(24)22-10-4-3-5-17(22)13(2)20/h6-9,12-13,16-17H,3-5,10-11,20H2,1-2H3,(H,21,23). The van der Waals surface area contributed by atoms with Gasteiger partial charge in [-0.3, -0.25) is 9.59 Å². The summed E-state index contributed by atoms with van der Waals surface area (Å²) in [5, 5.41) is 2.92. The monoisotopic (exact) mass is 329 g/mol. The van der Waals surface area contributed by atoms with Crippen molar-refractivity contribution in [2.75, 3.05) is 11.9 Å². The smallest absolute Gasteiger partial charge is 0.254 e. The van der Waals surface area contributed by atoms with Crippen LogP contribution in [0.25, 0.3) is 0 Å². The van der Waals surface area contributed by atoms with Crippen molar-refractivity contribution in [2.24, 2.45) is 17.6 Å². The minimum Gasteiger partial charge on any atom is -0.334 e. The van der Waals surface area contributed by atoms with Crippen LogP contribution in [0, 0.1) is 11.8 Å². The molecule has 5 heteroatoms. The molecule has 0 aromatic heterocycles. The largest absolute Gasteiger partial charge is 0.334 e. The van der Waals surface area contributed by atoms with E-state index in [-0.39, 0.29) is 29.8 Å². The highest BCUT2D eigenvalue weighted by atomic mass is 16.2. The van der Waals surface area contributed by atoms with Crippen LogP contribution in [0.5, 0.6) is 0 Å². The second-order valence-corrected chi connectivity index (χ2v) is 7.31. The van der Waals surface area contributed by atoms with E-state index in [1.165, 1.54) is 0 Å². The van der Waals surface area contributed by atoms with Gasteiger partial charge < -0.3 is 16.0 Å². The molecule has 0 bridgehead atoms. The van der Waals surface area contributed by atoms with Crippen molar-refractivity contribution in [3.63, 3.8) is 0 Å². The lowest BCUT2D eigenvalue weighted by atomic mass is 9.96. The number of carbonyl (C=O) groups is 2. The normalized spacial score (nSPS) is 27.5. The first kappa shape index (κ1) is 17.0. The predicted molar refractivity (Wildman–Crippen MR) is 94.7 cm³/mol. The van der Waals surface area contributed by atoms with E-state index in [9.17, 15) is 9.59 Å². The van der Waals surface area contributed by atoms with Gasteiger partial charge in [-0.1, -0.05) is 6.92 Å². The molecule has 2 aliphatic rings. The molecule has 1 aromatic carbocycles. The molecule has 4 atom stereocenters. The van der Waals surface area contributed by atoms with Gasteiger partial charge in [0, 0.05) is 35.8 Å². The number of benzene rings is 1. The highest BCUT2D eigenvalue weighted by Gasteiger charge is 2.39. The van der Waals surface area contributed by atoms with Crippen molar-refractivity contribution < 1.29 is 9.59 Å². The number of amides is 2. The Hall–Kier alpha value is -1.88. The van der Waals surface area contributed by atoms with Gasteiger partial charge in [0.15, 0.2) is 0 Å². The van der Waals surface area contributed by atoms with Crippen molar-refractivity contribution in [1.29, 1.82) is 0 Å². The third-order valence-electron chi connectivity index (χ3n) is 5.26. The molecule has 2 fully saturated rings. The van der Waals surface area contributed by atoms with Gasteiger partial charge in [-0.2, -0.15) is 0 Å². The first-order chi connectivity index (χ1) is 11.5. The van der Waals surface area contributed by atoms with E-state index in [0.717, 1.165) is 37.9 Å². The summed E-state index contributed by atoms with van der Waals surface area (Å²) in [6, 6.07) is 7.30. The number of nitrogens with zero attached hydrogens (tertiary/aromatic N) is 1. The van der Waals surface area contributed by atoms with Gasteiger partial charge in [0.2, 0.25) is 5.91 Å². The summed E-state index contributed by atoms with van der Waals surface area (Å²) in [7, 11) is 0. The lowest BCUT2D eigenvalue weighted by molar-refractivity contribution is -0.117. The van der Waals surface area contributed by atoms with E-state index in [4.69, 9.17) is 5.73 Å². The second kappa shape index (κ2) is 6.93. The van der Waals surface area contributed by atoms with Crippen molar-refractivity contribution in [3.05, 3.63) is 29.8 Å². The Bertz CT molecular complexity index is 612. The lowest BCUT2D eigenvalue weighted by Gasteiger charge is -2.38. The highest BCUT2D eigenvalue weighted by molar-refractivity contribution is 5.97. The molecule has 4 unspecified atom stereocenters. The Morgan fingerprint density at radius 1 is 1.25 bits per heavy atom. The Labute approximate surface area is 143 Å². The Balaban J connectivity index is 1.65. The molecule has 1 saturated heterocycles. The fraction of sp³-hybridized carbons (Fsp3) is 0.579. The summed E-state index contributed by atoms with van der Waals surface area (Å²) in [4.78, 5) is 26.7. The maximum absolute atomic E-state index is 12.8. The van der Waals surface area contributed by atoms with Crippen LogP contribution in [-0.2, 0) is 4.79 Å². The Morgan fingerprint density at radius 2 is 1.92 bits per heavy atom. The maximum Gasteiger partial charge on any atom is 0.254 e. The first-order valence-electron chi connectivity index (χ1n) is 8.95. The van der Waals surface area contributed by atoms with Gasteiger partial charge in [0.1, 0.15) is 0 Å². The number of rotatable bonds is 4. The summed E-state index contributed by atoms with van der Waals surface area (Å²) >= 11 is 0. The molecule has 1 saturated carbocycles. The number of piperidine rings is 1. The highest BCUT2D eigenvalue weighted by Crippen LogP contribution is 2.38. The third-order valence-corrected chi connectivity index (χ3v) is 5.26. The minimum absolute atomic E-state index is 0.0201. The lowest BCUT2D eigenvalue weighted by Crippen LogP contribution is -2.51. The number of nitrogens with one attached hydrogen (secondary N) is 1. The van der Waals surface area contributed by atoms with Crippen LogP contribution >= 0.6 is 0 Å². The van der Waals surface area contributed by atoms with Gasteiger partial charge in [-0.25, -0.2) is 0 Å². The molecule has 0 radical (unpaired) electrons. The van der Waals surface area contributed by atoms with Crippen LogP contribution in [0.4, 0.5) is 5.69 Å². The average Bonchev–Trinajstić information content (AvgIpc) is 3.32. The molecule has 0 spiro atoms. The third kappa shape index (κ3) is 3.61. The molecular weight excluding hydrogens is 302 g/mol. The van der Waals surface area contributed by atoms with Crippen molar-refractivity contribution in [1.82, 2.24) is 4.90 Å². The topological polar surface area (TPSA) is 75.4 Å². The molecule has 3 N–H and O–H groups in total. The van der Waals surface area contributed by atoms with Crippen LogP contribution in [-0.4, -0.2) is 35.3 Å². The SMILES string of the molecule is CC(N)C1CCCCN1C(=O)c1ccc(NC(=O)C2CC2C)cc1. The number of hydrogen-bond acceptors (Lipinski definition) is 3. The quantitative estimate of drug-likeness (QED) is 0.891. The van der Waals surface area contributed by atoms with E-state index in [1.54, 1.807) is 12.1 Å². The van der Waals surface area contributed by atoms with E-state index in [2.05, 4.69) is 12.2 Å². The Kier molecular flexibility index (Phi) is 4.90. The summed E-state index contributed by atoms with van der Waals surface area (Å²) in [6.45, 7) is 4.82. The zero-order valence-corrected chi connectivity index (χ0v) is 14.5. The molecule has 1 heterocycles. The van der Waals surface area contributed by atoms with Crippen LogP contribution < -0.4 is 11.1 Å². The molecule has 1 aromatic rings. The molecule has 1 aliphatic heterocycles. The molecule has 1 aliphatic carbocycles. The maximum atomic E-state index is 12.8. The molecule has 5 nitrogen and oxygen atoms in total. The van der Waals surface area contributed by atoms with Crippen LogP contribution in [0.1, 0.15) is 49.9 Å². The zero-order valence-electron chi connectivity index (χ0n) is 14.5. The molecule has 3 rings (SSSR count). The van der Waals surface area contributed by atoms with E-state index in [1.807, 2.05) is 24.0 Å². The van der Waals surface area contributed by atoms with Crippen molar-refractivity contribution in [2.45, 2.75) is 51.6 Å². The van der Waals surface area contributed by atoms with Gasteiger partial charge in [0.25, 0.3) is 5.91 Å². The Morgan fingerprint density at radius 3 is 2.50 bits per heavy atom. The van der Waals surface area contributed by atoms with E-state index in [0.29, 0.717) is 11.5 Å². The fourth-order valence-corrected chi connectivity index (χ4v) is 3.54. The molecule has 130 valence electrons. The minimum atomic E-state index is -0.0201. The first-order valence-corrected chi connectivity index (χ1v) is 8.95. The molecule has 24 heavy (non-hydrogen) atoms. The number of nitrogens with two attached hydrogens (primary N) is 1. The van der Waals surface area contributed by atoms with Gasteiger partial charge in [0.05, 0.1) is 0 Å². The van der Waals surface area contributed by atoms with Crippen molar-refractivity contribution in [3.8, 4) is 0 Å². The van der Waals surface area contributed by atoms with Crippen LogP contribution in [0.3, 0.4) is 0 Å². The zero-order chi connectivity index (χ0) is 17.3. The number of anilines is 1. The molecule has 2 amide bonds. The van der Waals surface area contributed by atoms with Gasteiger partial charge >= 0.3 is 0 Å². The summed E-state index contributed by atoms with van der Waals surface area (Å²) in [6.07, 6.45) is 4.09. The van der Waals surface area contributed by atoms with Gasteiger partial charge in [-0.15, -0.1) is 0 Å². The fourth-order valence-electron chi connectivity index (χ4n) is 3.54. The number of carbonyl (C=O) groups excluding carboxylic acids is 2. The summed E-state index contributed by atoms with van der Waals surface area (Å²) in [5.41, 5.74) is 7.46. The molecular formula is C19H27N3O2. The number of hydrogen-bond donors (Lipinski definition) is 2. The predicted octanol–water partition coefficient (Wildman–Crippen LogP) is 2.62. The van der Waals surface area contributed by atoms with Crippen LogP contribution in [0.15, 0.2) is 24.3 Å². The van der Waals surface area contributed by atoms with E-state index < -0.39 is 0 Å². The van der Waals surface area contributed by atoms with Crippen LogP contribution in [0.2, 0.25) is 0 Å². The summed E-state index contributed by atoms with van der Waals surface area (Å²) in [5.74, 6) is 0.743. The van der Waals surface area contributed by atoms with Crippen molar-refractivity contribution >= 4 is 17.5 Å². The average molecular weight is 329 g/mol.